The van der Waals surface area contributed by atoms with E-state index in [0.29, 0.717) is 10.7 Å². The van der Waals surface area contributed by atoms with Gasteiger partial charge in [0.25, 0.3) is 0 Å². The smallest absolute Gasteiger partial charge is 0.164 e. The summed E-state index contributed by atoms with van der Waals surface area (Å²) < 4.78 is 0.372. The Morgan fingerprint density at radius 3 is 2.63 bits per heavy atom. The van der Waals surface area contributed by atoms with E-state index in [2.05, 4.69) is 0 Å². The van der Waals surface area contributed by atoms with Gasteiger partial charge in [-0.05, 0) is 22.4 Å². The summed E-state index contributed by atoms with van der Waals surface area (Å²) in [5.41, 5.74) is 7.43. The molecule has 1 heterocycles. The molecule has 0 aliphatic rings. The van der Waals surface area contributed by atoms with E-state index in [9.17, 15) is 4.79 Å². The van der Waals surface area contributed by atoms with Gasteiger partial charge in [0.05, 0.1) is 0 Å². The Morgan fingerprint density at radius 2 is 2.05 bits per heavy atom. The lowest BCUT2D eigenvalue weighted by Gasteiger charge is -2.13. The second kappa shape index (κ2) is 6.84. The molecule has 0 amide bonds. The SMILES string of the molecule is NC(=S)SC(CC(=O)c1ccccc1)c1ccsc1. The summed E-state index contributed by atoms with van der Waals surface area (Å²) in [6, 6.07) is 11.3. The van der Waals surface area contributed by atoms with Crippen LogP contribution in [0.3, 0.4) is 0 Å². The Labute approximate surface area is 126 Å². The van der Waals surface area contributed by atoms with Gasteiger partial charge in [-0.25, -0.2) is 0 Å². The van der Waals surface area contributed by atoms with Crippen molar-refractivity contribution in [2.75, 3.05) is 0 Å². The quantitative estimate of drug-likeness (QED) is 0.669. The van der Waals surface area contributed by atoms with E-state index < -0.39 is 0 Å². The van der Waals surface area contributed by atoms with Gasteiger partial charge >= 0.3 is 0 Å². The summed E-state index contributed by atoms with van der Waals surface area (Å²) >= 11 is 7.93. The van der Waals surface area contributed by atoms with Crippen LogP contribution in [0.1, 0.15) is 27.6 Å². The molecule has 2 aromatic rings. The van der Waals surface area contributed by atoms with Crippen molar-refractivity contribution in [2.24, 2.45) is 5.73 Å². The van der Waals surface area contributed by atoms with Gasteiger partial charge < -0.3 is 5.73 Å². The van der Waals surface area contributed by atoms with Crippen LogP contribution in [0, 0.1) is 0 Å². The summed E-state index contributed by atoms with van der Waals surface area (Å²) in [6.07, 6.45) is 0.406. The van der Waals surface area contributed by atoms with E-state index in [1.165, 1.54) is 11.8 Å². The fourth-order valence-electron chi connectivity index (χ4n) is 1.74. The monoisotopic (exact) mass is 307 g/mol. The number of carbonyl (C=O) groups is 1. The van der Waals surface area contributed by atoms with Crippen LogP contribution in [0.5, 0.6) is 0 Å². The number of rotatable bonds is 5. The molecule has 2 N–H and O–H groups in total. The highest BCUT2D eigenvalue weighted by molar-refractivity contribution is 8.23. The number of thiocarbonyl (C=S) groups is 1. The minimum atomic E-state index is -0.00328. The first kappa shape index (κ1) is 14.2. The van der Waals surface area contributed by atoms with Gasteiger partial charge in [0.1, 0.15) is 4.32 Å². The maximum absolute atomic E-state index is 12.2. The number of hydrogen-bond acceptors (Lipinski definition) is 4. The number of benzene rings is 1. The van der Waals surface area contributed by atoms with Crippen LogP contribution in [0.4, 0.5) is 0 Å². The minimum absolute atomic E-state index is 0.00328. The number of hydrogen-bond donors (Lipinski definition) is 1. The average Bonchev–Trinajstić information content (AvgIpc) is 2.92. The molecule has 0 aliphatic carbocycles. The Balaban J connectivity index is 2.12. The van der Waals surface area contributed by atoms with Crippen molar-refractivity contribution in [1.82, 2.24) is 0 Å². The van der Waals surface area contributed by atoms with Crippen molar-refractivity contribution < 1.29 is 4.79 Å². The molecule has 5 heteroatoms. The fourth-order valence-corrected chi connectivity index (χ4v) is 3.68. The molecule has 2 rings (SSSR count). The maximum Gasteiger partial charge on any atom is 0.164 e. The summed E-state index contributed by atoms with van der Waals surface area (Å²) in [6.45, 7) is 0. The van der Waals surface area contributed by atoms with Crippen molar-refractivity contribution in [2.45, 2.75) is 11.7 Å². The first-order valence-corrected chi connectivity index (χ1v) is 7.96. The Kier molecular flexibility index (Phi) is 5.13. The standard InChI is InChI=1S/C14H13NOS3/c15-14(17)19-13(11-6-7-18-9-11)8-12(16)10-4-2-1-3-5-10/h1-7,9,13H,8H2,(H2,15,17). The van der Waals surface area contributed by atoms with Crippen molar-refractivity contribution in [1.29, 1.82) is 0 Å². The second-order valence-corrected chi connectivity index (χ2v) is 6.70. The van der Waals surface area contributed by atoms with Crippen molar-refractivity contribution >= 4 is 45.4 Å². The van der Waals surface area contributed by atoms with Crippen LogP contribution in [-0.2, 0) is 0 Å². The summed E-state index contributed by atoms with van der Waals surface area (Å²) in [7, 11) is 0. The van der Waals surface area contributed by atoms with Crippen LogP contribution in [0.2, 0.25) is 0 Å². The lowest BCUT2D eigenvalue weighted by molar-refractivity contribution is 0.0982. The predicted octanol–water partition coefficient (Wildman–Crippen LogP) is 4.04. The van der Waals surface area contributed by atoms with Crippen molar-refractivity contribution in [3.63, 3.8) is 0 Å². The molecule has 1 aromatic carbocycles. The predicted molar refractivity (Wildman–Crippen MR) is 86.8 cm³/mol. The highest BCUT2D eigenvalue weighted by atomic mass is 32.2. The largest absolute Gasteiger partial charge is 0.385 e. The number of ketones is 1. The van der Waals surface area contributed by atoms with Gasteiger partial charge in [0, 0.05) is 17.2 Å². The van der Waals surface area contributed by atoms with Gasteiger partial charge in [0.2, 0.25) is 0 Å². The summed E-state index contributed by atoms with van der Waals surface area (Å²) in [5.74, 6) is 0.112. The van der Waals surface area contributed by atoms with Crippen LogP contribution >= 0.6 is 35.3 Å². The molecule has 0 saturated carbocycles. The number of carbonyl (C=O) groups excluding carboxylic acids is 1. The van der Waals surface area contributed by atoms with E-state index in [4.69, 9.17) is 18.0 Å². The van der Waals surface area contributed by atoms with E-state index in [1.54, 1.807) is 11.3 Å². The molecule has 98 valence electrons. The zero-order chi connectivity index (χ0) is 13.7. The molecule has 1 aromatic heterocycles. The topological polar surface area (TPSA) is 43.1 Å². The van der Waals surface area contributed by atoms with E-state index in [-0.39, 0.29) is 11.0 Å². The van der Waals surface area contributed by atoms with Crippen molar-refractivity contribution in [3.05, 3.63) is 58.3 Å². The third-order valence-corrected chi connectivity index (χ3v) is 4.59. The maximum atomic E-state index is 12.2. The Hall–Kier alpha value is -1.17. The molecule has 0 spiro atoms. The van der Waals surface area contributed by atoms with Gasteiger partial charge in [-0.2, -0.15) is 11.3 Å². The lowest BCUT2D eigenvalue weighted by Crippen LogP contribution is -2.10. The number of thioether (sulfide) groups is 1. The minimum Gasteiger partial charge on any atom is -0.385 e. The number of Topliss-reactive ketones (excluding diaryl/α,β-unsaturated/α-hetero) is 1. The molecule has 0 fully saturated rings. The normalized spacial score (nSPS) is 12.0. The lowest BCUT2D eigenvalue weighted by atomic mass is 10.0. The van der Waals surface area contributed by atoms with Crippen LogP contribution in [0.15, 0.2) is 47.2 Å². The molecule has 1 unspecified atom stereocenters. The first-order valence-electron chi connectivity index (χ1n) is 5.73. The Bertz CT molecular complexity index is 551. The molecular weight excluding hydrogens is 294 g/mol. The third kappa shape index (κ3) is 4.16. The van der Waals surface area contributed by atoms with Crippen LogP contribution in [-0.4, -0.2) is 10.1 Å². The second-order valence-electron chi connectivity index (χ2n) is 3.98. The molecule has 1 atom stereocenters. The summed E-state index contributed by atoms with van der Waals surface area (Å²) in [4.78, 5) is 12.2. The highest BCUT2D eigenvalue weighted by Gasteiger charge is 2.19. The highest BCUT2D eigenvalue weighted by Crippen LogP contribution is 2.34. The van der Waals surface area contributed by atoms with E-state index in [0.717, 1.165) is 11.1 Å². The zero-order valence-electron chi connectivity index (χ0n) is 10.1. The molecule has 19 heavy (non-hydrogen) atoms. The number of nitrogens with two attached hydrogens (primary N) is 1. The number of thiophene rings is 1. The van der Waals surface area contributed by atoms with E-state index >= 15 is 0 Å². The molecule has 0 saturated heterocycles. The first-order chi connectivity index (χ1) is 9.16. The summed E-state index contributed by atoms with van der Waals surface area (Å²) in [5, 5.41) is 4.03. The van der Waals surface area contributed by atoms with E-state index in [1.807, 2.05) is 47.2 Å². The third-order valence-electron chi connectivity index (χ3n) is 2.64. The fraction of sp³-hybridized carbons (Fsp3) is 0.143. The van der Waals surface area contributed by atoms with Gasteiger partial charge in [-0.1, -0.05) is 54.3 Å². The molecule has 0 bridgehead atoms. The van der Waals surface area contributed by atoms with Gasteiger partial charge in [-0.15, -0.1) is 0 Å². The molecule has 0 aliphatic heterocycles. The zero-order valence-corrected chi connectivity index (χ0v) is 12.6. The molecular formula is C14H13NOS3. The van der Waals surface area contributed by atoms with Gasteiger partial charge in [-0.3, -0.25) is 4.79 Å². The van der Waals surface area contributed by atoms with Crippen LogP contribution in [0.25, 0.3) is 0 Å². The average molecular weight is 307 g/mol. The van der Waals surface area contributed by atoms with Crippen LogP contribution < -0.4 is 5.73 Å². The molecule has 2 nitrogen and oxygen atoms in total. The molecule has 0 radical (unpaired) electrons. The Morgan fingerprint density at radius 1 is 1.32 bits per heavy atom. The van der Waals surface area contributed by atoms with Gasteiger partial charge in [0.15, 0.2) is 5.78 Å². The van der Waals surface area contributed by atoms with Crippen molar-refractivity contribution in [3.8, 4) is 0 Å².